The fraction of sp³-hybridized carbons (Fsp3) is 0.0385. The molecule has 30 heavy (non-hydrogen) atoms. The Kier molecular flexibility index (Phi) is 5.70. The quantitative estimate of drug-likeness (QED) is 0.372. The third kappa shape index (κ3) is 4.30. The third-order valence-electron chi connectivity index (χ3n) is 4.86. The molecule has 0 bridgehead atoms. The highest BCUT2D eigenvalue weighted by Crippen LogP contribution is 2.37. The second kappa shape index (κ2) is 8.73. The van der Waals surface area contributed by atoms with Crippen LogP contribution in [0.4, 0.5) is 5.69 Å². The van der Waals surface area contributed by atoms with Gasteiger partial charge in [-0.1, -0.05) is 78.3 Å². The average molecular weight is 411 g/mol. The van der Waals surface area contributed by atoms with Gasteiger partial charge in [0.05, 0.1) is 17.3 Å². The van der Waals surface area contributed by atoms with E-state index in [1.807, 2.05) is 42.5 Å². The van der Waals surface area contributed by atoms with Gasteiger partial charge in [-0.3, -0.25) is 0 Å². The van der Waals surface area contributed by atoms with Crippen LogP contribution in [-0.2, 0) is 6.61 Å². The monoisotopic (exact) mass is 410 g/mol. The van der Waals surface area contributed by atoms with Crippen LogP contribution in [0.25, 0.3) is 22.3 Å². The maximum atomic E-state index is 9.16. The summed E-state index contributed by atoms with van der Waals surface area (Å²) in [5, 5.41) is 9.68. The Morgan fingerprint density at radius 2 is 1.50 bits per heavy atom. The van der Waals surface area contributed by atoms with Crippen molar-refractivity contribution in [3.63, 3.8) is 0 Å². The van der Waals surface area contributed by atoms with Crippen LogP contribution in [0.5, 0.6) is 5.75 Å². The highest BCUT2D eigenvalue weighted by Gasteiger charge is 2.12. The molecule has 0 aliphatic rings. The maximum absolute atomic E-state index is 9.16. The number of rotatable bonds is 5. The molecule has 4 aromatic rings. The van der Waals surface area contributed by atoms with Crippen LogP contribution in [0.15, 0.2) is 91.0 Å². The summed E-state index contributed by atoms with van der Waals surface area (Å²) in [6.45, 7) is 0.372. The number of nitrogens with zero attached hydrogens (tertiary/aromatic N) is 1. The molecule has 4 heteroatoms. The van der Waals surface area contributed by atoms with Gasteiger partial charge in [0.2, 0.25) is 0 Å². The lowest BCUT2D eigenvalue weighted by atomic mass is 10.0. The van der Waals surface area contributed by atoms with Crippen molar-refractivity contribution >= 4 is 17.3 Å². The molecule has 146 valence electrons. The highest BCUT2D eigenvalue weighted by atomic mass is 35.5. The van der Waals surface area contributed by atoms with Crippen molar-refractivity contribution in [2.75, 3.05) is 5.73 Å². The second-order valence-corrected chi connectivity index (χ2v) is 7.35. The van der Waals surface area contributed by atoms with E-state index in [9.17, 15) is 0 Å². The number of halogens is 1. The third-order valence-corrected chi connectivity index (χ3v) is 5.08. The molecule has 0 unspecified atom stereocenters. The largest absolute Gasteiger partial charge is 0.487 e. The summed E-state index contributed by atoms with van der Waals surface area (Å²) in [5.41, 5.74) is 12.4. The lowest BCUT2D eigenvalue weighted by molar-refractivity contribution is 0.308. The van der Waals surface area contributed by atoms with E-state index < -0.39 is 0 Å². The molecule has 0 fully saturated rings. The first-order valence-electron chi connectivity index (χ1n) is 9.51. The van der Waals surface area contributed by atoms with E-state index in [4.69, 9.17) is 27.3 Å². The SMILES string of the molecule is N#Cc1cccc(-c2cc(Cl)cc(OCc3ccc(-c4ccccc4)cc3)c2N)c1. The van der Waals surface area contributed by atoms with Crippen LogP contribution in [0.2, 0.25) is 5.02 Å². The van der Waals surface area contributed by atoms with Crippen LogP contribution in [0.1, 0.15) is 11.1 Å². The molecule has 0 heterocycles. The molecule has 0 radical (unpaired) electrons. The summed E-state index contributed by atoms with van der Waals surface area (Å²) in [7, 11) is 0. The Morgan fingerprint density at radius 3 is 2.23 bits per heavy atom. The van der Waals surface area contributed by atoms with Crippen molar-refractivity contribution < 1.29 is 4.74 Å². The first kappa shape index (κ1) is 19.6. The summed E-state index contributed by atoms with van der Waals surface area (Å²) >= 11 is 6.32. The first-order chi connectivity index (χ1) is 14.6. The number of hydrogen-bond donors (Lipinski definition) is 1. The predicted octanol–water partition coefficient (Wildman–Crippen LogP) is 6.71. The number of ether oxygens (including phenoxy) is 1. The molecule has 4 rings (SSSR count). The molecular formula is C26H19ClN2O. The molecule has 0 aromatic heterocycles. The molecule has 0 aliphatic heterocycles. The zero-order valence-electron chi connectivity index (χ0n) is 16.2. The number of benzene rings is 4. The normalized spacial score (nSPS) is 10.4. The van der Waals surface area contributed by atoms with Gasteiger partial charge >= 0.3 is 0 Å². The molecular weight excluding hydrogens is 392 g/mol. The van der Waals surface area contributed by atoms with E-state index in [0.29, 0.717) is 28.6 Å². The van der Waals surface area contributed by atoms with E-state index in [1.54, 1.807) is 24.3 Å². The lowest BCUT2D eigenvalue weighted by Crippen LogP contribution is -2.00. The Labute approximate surface area is 180 Å². The molecule has 0 spiro atoms. The Balaban J connectivity index is 1.55. The summed E-state index contributed by atoms with van der Waals surface area (Å²) in [4.78, 5) is 0. The van der Waals surface area contributed by atoms with E-state index >= 15 is 0 Å². The lowest BCUT2D eigenvalue weighted by Gasteiger charge is -2.14. The molecule has 0 saturated heterocycles. The van der Waals surface area contributed by atoms with Crippen molar-refractivity contribution in [2.24, 2.45) is 0 Å². The zero-order chi connectivity index (χ0) is 20.9. The molecule has 2 N–H and O–H groups in total. The summed E-state index contributed by atoms with van der Waals surface area (Å²) < 4.78 is 5.99. The Bertz CT molecular complexity index is 1210. The van der Waals surface area contributed by atoms with Crippen molar-refractivity contribution in [1.82, 2.24) is 0 Å². The second-order valence-electron chi connectivity index (χ2n) is 6.91. The van der Waals surface area contributed by atoms with E-state index in [0.717, 1.165) is 22.3 Å². The number of anilines is 1. The predicted molar refractivity (Wildman–Crippen MR) is 122 cm³/mol. The van der Waals surface area contributed by atoms with Gasteiger partial charge in [-0.15, -0.1) is 0 Å². The van der Waals surface area contributed by atoms with Gasteiger partial charge in [0.25, 0.3) is 0 Å². The standard InChI is InChI=1S/C26H19ClN2O/c27-23-14-24(22-8-4-5-19(13-22)16-28)26(29)25(15-23)30-17-18-9-11-21(12-10-18)20-6-2-1-3-7-20/h1-15H,17,29H2. The minimum Gasteiger partial charge on any atom is -0.487 e. The molecule has 0 aliphatic carbocycles. The number of nitriles is 1. The fourth-order valence-electron chi connectivity index (χ4n) is 3.29. The van der Waals surface area contributed by atoms with Gasteiger partial charge in [0.15, 0.2) is 0 Å². The molecule has 0 atom stereocenters. The van der Waals surface area contributed by atoms with Crippen molar-refractivity contribution in [1.29, 1.82) is 5.26 Å². The van der Waals surface area contributed by atoms with Gasteiger partial charge in [-0.05, 0) is 40.5 Å². The Morgan fingerprint density at radius 1 is 0.800 bits per heavy atom. The zero-order valence-corrected chi connectivity index (χ0v) is 16.9. The molecule has 0 saturated carbocycles. The fourth-order valence-corrected chi connectivity index (χ4v) is 3.50. The first-order valence-corrected chi connectivity index (χ1v) is 9.88. The van der Waals surface area contributed by atoms with Gasteiger partial charge in [0.1, 0.15) is 12.4 Å². The van der Waals surface area contributed by atoms with E-state index in [-0.39, 0.29) is 0 Å². The number of hydrogen-bond acceptors (Lipinski definition) is 3. The summed E-state index contributed by atoms with van der Waals surface area (Å²) in [6, 6.07) is 31.4. The van der Waals surface area contributed by atoms with Crippen LogP contribution in [-0.4, -0.2) is 0 Å². The maximum Gasteiger partial charge on any atom is 0.144 e. The van der Waals surface area contributed by atoms with Crippen LogP contribution in [0.3, 0.4) is 0 Å². The minimum absolute atomic E-state index is 0.372. The highest BCUT2D eigenvalue weighted by molar-refractivity contribution is 6.31. The van der Waals surface area contributed by atoms with E-state index in [1.165, 1.54) is 5.56 Å². The number of nitrogen functional groups attached to an aromatic ring is 1. The van der Waals surface area contributed by atoms with E-state index in [2.05, 4.69) is 30.3 Å². The smallest absolute Gasteiger partial charge is 0.144 e. The van der Waals surface area contributed by atoms with Gasteiger partial charge < -0.3 is 10.5 Å². The van der Waals surface area contributed by atoms with Crippen LogP contribution < -0.4 is 10.5 Å². The van der Waals surface area contributed by atoms with Crippen molar-refractivity contribution in [2.45, 2.75) is 6.61 Å². The number of nitrogens with two attached hydrogens (primary N) is 1. The average Bonchev–Trinajstić information content (AvgIpc) is 2.80. The van der Waals surface area contributed by atoms with Crippen molar-refractivity contribution in [3.8, 4) is 34.1 Å². The molecule has 0 amide bonds. The summed E-state index contributed by atoms with van der Waals surface area (Å²) in [5.74, 6) is 0.520. The van der Waals surface area contributed by atoms with Gasteiger partial charge in [-0.25, -0.2) is 0 Å². The minimum atomic E-state index is 0.372. The van der Waals surface area contributed by atoms with Gasteiger partial charge in [0, 0.05) is 16.7 Å². The van der Waals surface area contributed by atoms with Crippen molar-refractivity contribution in [3.05, 3.63) is 107 Å². The van der Waals surface area contributed by atoms with Crippen LogP contribution in [0, 0.1) is 11.3 Å². The summed E-state index contributed by atoms with van der Waals surface area (Å²) in [6.07, 6.45) is 0. The molecule has 3 nitrogen and oxygen atoms in total. The topological polar surface area (TPSA) is 59.0 Å². The van der Waals surface area contributed by atoms with Crippen LogP contribution >= 0.6 is 11.6 Å². The molecule has 4 aromatic carbocycles. The van der Waals surface area contributed by atoms with Gasteiger partial charge in [-0.2, -0.15) is 5.26 Å². The Hall–Kier alpha value is -3.74.